The predicted octanol–water partition coefficient (Wildman–Crippen LogP) is 3.49. The van der Waals surface area contributed by atoms with Gasteiger partial charge >= 0.3 is 5.97 Å². The Labute approximate surface area is 98.4 Å². The maximum Gasteiger partial charge on any atom is 0.309 e. The van der Waals surface area contributed by atoms with Gasteiger partial charge in [-0.25, -0.2) is 4.39 Å². The van der Waals surface area contributed by atoms with E-state index in [1.165, 1.54) is 12.1 Å². The van der Waals surface area contributed by atoms with E-state index in [2.05, 4.69) is 0 Å². The number of halogens is 2. The smallest absolute Gasteiger partial charge is 0.309 e. The number of cyclic esters (lactones) is 1. The van der Waals surface area contributed by atoms with Crippen LogP contribution in [0.5, 0.6) is 0 Å². The van der Waals surface area contributed by atoms with Gasteiger partial charge in [-0.15, -0.1) is 0 Å². The fourth-order valence-electron chi connectivity index (χ4n) is 1.78. The molecular formula is C12H12ClFO2. The van der Waals surface area contributed by atoms with Crippen LogP contribution in [0.4, 0.5) is 4.39 Å². The van der Waals surface area contributed by atoms with Gasteiger partial charge in [-0.2, -0.15) is 0 Å². The van der Waals surface area contributed by atoms with Crippen LogP contribution in [-0.2, 0) is 9.53 Å². The van der Waals surface area contributed by atoms with Gasteiger partial charge in [0.1, 0.15) is 11.9 Å². The highest BCUT2D eigenvalue weighted by Gasteiger charge is 2.28. The quantitative estimate of drug-likeness (QED) is 0.705. The summed E-state index contributed by atoms with van der Waals surface area (Å²) in [5.41, 5.74) is 0.669. The number of carbonyl (C=O) groups is 1. The lowest BCUT2D eigenvalue weighted by atomic mass is 9.95. The summed E-state index contributed by atoms with van der Waals surface area (Å²) < 4.78 is 18.5. The molecule has 1 fully saturated rings. The van der Waals surface area contributed by atoms with E-state index in [1.807, 2.05) is 6.92 Å². The minimum absolute atomic E-state index is 0.0617. The molecule has 1 saturated heterocycles. The van der Waals surface area contributed by atoms with Crippen LogP contribution in [-0.4, -0.2) is 5.97 Å². The van der Waals surface area contributed by atoms with Crippen molar-refractivity contribution in [3.05, 3.63) is 34.6 Å². The van der Waals surface area contributed by atoms with Crippen molar-refractivity contribution >= 4 is 17.6 Å². The third kappa shape index (κ3) is 2.19. The molecule has 0 amide bonds. The molecular weight excluding hydrogens is 231 g/mol. The Hall–Kier alpha value is -1.09. The van der Waals surface area contributed by atoms with Crippen molar-refractivity contribution in [3.63, 3.8) is 0 Å². The standard InChI is InChI=1S/C12H12ClFO2/c1-7-2-5-11(16-12(7)15)8-3-4-9(13)10(14)6-8/h3-4,6-7,11H,2,5H2,1H3/t7-,11-/m1/s1. The molecule has 2 rings (SSSR count). The highest BCUT2D eigenvalue weighted by molar-refractivity contribution is 6.30. The fraction of sp³-hybridized carbons (Fsp3) is 0.417. The Bertz CT molecular complexity index is 419. The fourth-order valence-corrected chi connectivity index (χ4v) is 1.90. The van der Waals surface area contributed by atoms with Gasteiger partial charge in [-0.05, 0) is 30.5 Å². The molecule has 0 saturated carbocycles. The Morgan fingerprint density at radius 1 is 1.44 bits per heavy atom. The van der Waals surface area contributed by atoms with E-state index in [-0.39, 0.29) is 23.0 Å². The van der Waals surface area contributed by atoms with E-state index in [4.69, 9.17) is 16.3 Å². The molecule has 1 aliphatic rings. The van der Waals surface area contributed by atoms with Crippen molar-refractivity contribution in [2.45, 2.75) is 25.9 Å². The maximum absolute atomic E-state index is 13.2. The van der Waals surface area contributed by atoms with E-state index in [9.17, 15) is 9.18 Å². The highest BCUT2D eigenvalue weighted by Crippen LogP contribution is 2.32. The number of hydrogen-bond donors (Lipinski definition) is 0. The molecule has 0 unspecified atom stereocenters. The first kappa shape index (κ1) is 11.4. The Morgan fingerprint density at radius 2 is 2.19 bits per heavy atom. The van der Waals surface area contributed by atoms with Crippen LogP contribution in [0.2, 0.25) is 5.02 Å². The molecule has 1 heterocycles. The zero-order valence-electron chi connectivity index (χ0n) is 8.87. The zero-order valence-corrected chi connectivity index (χ0v) is 9.63. The topological polar surface area (TPSA) is 26.3 Å². The van der Waals surface area contributed by atoms with Crippen molar-refractivity contribution in [1.82, 2.24) is 0 Å². The predicted molar refractivity (Wildman–Crippen MR) is 58.6 cm³/mol. The number of carbonyl (C=O) groups excluding carboxylic acids is 1. The van der Waals surface area contributed by atoms with Crippen molar-refractivity contribution in [3.8, 4) is 0 Å². The van der Waals surface area contributed by atoms with Crippen LogP contribution < -0.4 is 0 Å². The summed E-state index contributed by atoms with van der Waals surface area (Å²) in [6, 6.07) is 4.51. The van der Waals surface area contributed by atoms with Crippen LogP contribution in [0, 0.1) is 11.7 Å². The zero-order chi connectivity index (χ0) is 11.7. The third-order valence-corrected chi connectivity index (χ3v) is 3.14. The molecule has 0 bridgehead atoms. The second kappa shape index (κ2) is 4.42. The Kier molecular flexibility index (Phi) is 3.15. The monoisotopic (exact) mass is 242 g/mol. The van der Waals surface area contributed by atoms with Gasteiger partial charge in [-0.1, -0.05) is 24.6 Å². The van der Waals surface area contributed by atoms with Crippen molar-refractivity contribution in [1.29, 1.82) is 0 Å². The number of rotatable bonds is 1. The molecule has 0 N–H and O–H groups in total. The molecule has 1 aliphatic heterocycles. The van der Waals surface area contributed by atoms with E-state index in [0.717, 1.165) is 12.8 Å². The van der Waals surface area contributed by atoms with E-state index >= 15 is 0 Å². The summed E-state index contributed by atoms with van der Waals surface area (Å²) >= 11 is 5.59. The lowest BCUT2D eigenvalue weighted by Gasteiger charge is -2.26. The lowest BCUT2D eigenvalue weighted by Crippen LogP contribution is -2.24. The number of esters is 1. The molecule has 4 heteroatoms. The summed E-state index contributed by atoms with van der Waals surface area (Å²) in [4.78, 5) is 11.4. The van der Waals surface area contributed by atoms with Crippen LogP contribution >= 0.6 is 11.6 Å². The number of ether oxygens (including phenoxy) is 1. The molecule has 86 valence electrons. The van der Waals surface area contributed by atoms with Crippen molar-refractivity contribution in [2.24, 2.45) is 5.92 Å². The highest BCUT2D eigenvalue weighted by atomic mass is 35.5. The maximum atomic E-state index is 13.2. The molecule has 1 aromatic rings. The van der Waals surface area contributed by atoms with Gasteiger partial charge in [0.25, 0.3) is 0 Å². The largest absolute Gasteiger partial charge is 0.457 e. The first-order valence-electron chi connectivity index (χ1n) is 5.23. The third-order valence-electron chi connectivity index (χ3n) is 2.84. The van der Waals surface area contributed by atoms with Gasteiger partial charge < -0.3 is 4.74 Å². The molecule has 0 aromatic heterocycles. The second-order valence-corrected chi connectivity index (χ2v) is 4.48. The van der Waals surface area contributed by atoms with Gasteiger partial charge in [0, 0.05) is 0 Å². The SMILES string of the molecule is C[C@@H]1CC[C@H](c2ccc(Cl)c(F)c2)OC1=O. The second-order valence-electron chi connectivity index (χ2n) is 4.08. The Balaban J connectivity index is 2.18. The van der Waals surface area contributed by atoms with Crippen LogP contribution in [0.3, 0.4) is 0 Å². The normalized spacial score (nSPS) is 25.3. The molecule has 2 nitrogen and oxygen atoms in total. The summed E-state index contributed by atoms with van der Waals surface area (Å²) in [7, 11) is 0. The number of benzene rings is 1. The van der Waals surface area contributed by atoms with Gasteiger partial charge in [-0.3, -0.25) is 4.79 Å². The van der Waals surface area contributed by atoms with Crippen molar-refractivity contribution in [2.75, 3.05) is 0 Å². The average Bonchev–Trinajstić information content (AvgIpc) is 2.26. The van der Waals surface area contributed by atoms with E-state index in [1.54, 1.807) is 6.07 Å². The minimum atomic E-state index is -0.478. The lowest BCUT2D eigenvalue weighted by molar-refractivity contribution is -0.159. The van der Waals surface area contributed by atoms with Crippen molar-refractivity contribution < 1.29 is 13.9 Å². The first-order chi connectivity index (χ1) is 7.58. The van der Waals surface area contributed by atoms with Crippen LogP contribution in [0.1, 0.15) is 31.4 Å². The van der Waals surface area contributed by atoms with Gasteiger partial charge in [0.15, 0.2) is 0 Å². The molecule has 2 atom stereocenters. The van der Waals surface area contributed by atoms with Crippen LogP contribution in [0.15, 0.2) is 18.2 Å². The molecule has 0 spiro atoms. The number of hydrogen-bond acceptors (Lipinski definition) is 2. The minimum Gasteiger partial charge on any atom is -0.457 e. The summed E-state index contributed by atoms with van der Waals surface area (Å²) in [6.45, 7) is 1.83. The molecule has 1 aromatic carbocycles. The Morgan fingerprint density at radius 3 is 2.81 bits per heavy atom. The van der Waals surface area contributed by atoms with Crippen LogP contribution in [0.25, 0.3) is 0 Å². The van der Waals surface area contributed by atoms with Gasteiger partial charge in [0.05, 0.1) is 10.9 Å². The first-order valence-corrected chi connectivity index (χ1v) is 5.61. The van der Waals surface area contributed by atoms with E-state index < -0.39 is 5.82 Å². The molecule has 0 radical (unpaired) electrons. The summed E-state index contributed by atoms with van der Waals surface area (Å²) in [5.74, 6) is -0.756. The molecule has 0 aliphatic carbocycles. The summed E-state index contributed by atoms with van der Waals surface area (Å²) in [6.07, 6.45) is 1.16. The van der Waals surface area contributed by atoms with Gasteiger partial charge in [0.2, 0.25) is 0 Å². The van der Waals surface area contributed by atoms with E-state index in [0.29, 0.717) is 5.56 Å². The summed E-state index contributed by atoms with van der Waals surface area (Å²) in [5, 5.41) is 0.0826. The molecule has 16 heavy (non-hydrogen) atoms. The average molecular weight is 243 g/mol.